The maximum absolute atomic E-state index is 11.3. The number of sulfonamides is 1. The Hall–Kier alpha value is -1.02. The number of rotatable bonds is 6. The predicted octanol–water partition coefficient (Wildman–Crippen LogP) is 1.65. The summed E-state index contributed by atoms with van der Waals surface area (Å²) in [4.78, 5) is 0. The first kappa shape index (κ1) is 21.0. The van der Waals surface area contributed by atoms with Gasteiger partial charge in [-0.15, -0.1) is 12.4 Å². The molecule has 6 nitrogen and oxygen atoms in total. The molecule has 4 N–H and O–H groups in total. The number of aliphatic hydroxyl groups is 1. The normalized spacial score (nSPS) is 13.3. The van der Waals surface area contributed by atoms with Gasteiger partial charge in [-0.3, -0.25) is 4.72 Å². The number of phenolic OH excluding ortho intramolecular Hbond substituents is 1. The van der Waals surface area contributed by atoms with Crippen LogP contribution in [0.2, 0.25) is 0 Å². The first-order chi connectivity index (χ1) is 9.52. The third-order valence-corrected chi connectivity index (χ3v) is 3.48. The molecule has 0 fully saturated rings. The molecule has 128 valence electrons. The van der Waals surface area contributed by atoms with Crippen molar-refractivity contribution < 1.29 is 18.6 Å². The third kappa shape index (κ3) is 7.31. The fraction of sp³-hybridized carbons (Fsp3) is 0.571. The van der Waals surface area contributed by atoms with Crippen LogP contribution in [0.15, 0.2) is 18.2 Å². The highest BCUT2D eigenvalue weighted by Crippen LogP contribution is 2.28. The summed E-state index contributed by atoms with van der Waals surface area (Å²) in [6, 6.07) is 4.64. The van der Waals surface area contributed by atoms with Crippen molar-refractivity contribution in [1.82, 2.24) is 5.32 Å². The first-order valence-corrected chi connectivity index (χ1v) is 8.57. The first-order valence-electron chi connectivity index (χ1n) is 6.68. The number of phenols is 1. The number of anilines is 1. The van der Waals surface area contributed by atoms with Gasteiger partial charge in [-0.25, -0.2) is 8.42 Å². The zero-order valence-corrected chi connectivity index (χ0v) is 14.9. The second kappa shape index (κ2) is 8.01. The van der Waals surface area contributed by atoms with E-state index in [9.17, 15) is 18.6 Å². The number of benzene rings is 1. The smallest absolute Gasteiger partial charge is 0.229 e. The molecule has 0 amide bonds. The van der Waals surface area contributed by atoms with Crippen LogP contribution < -0.4 is 10.0 Å². The van der Waals surface area contributed by atoms with Crippen LogP contribution in [-0.2, 0) is 10.0 Å². The lowest BCUT2D eigenvalue weighted by molar-refractivity contribution is 0.252. The van der Waals surface area contributed by atoms with Gasteiger partial charge in [0, 0.05) is 18.0 Å². The van der Waals surface area contributed by atoms with Crippen LogP contribution >= 0.6 is 12.4 Å². The zero-order valence-electron chi connectivity index (χ0n) is 13.3. The molecule has 0 aliphatic heterocycles. The maximum Gasteiger partial charge on any atom is 0.229 e. The van der Waals surface area contributed by atoms with Crippen molar-refractivity contribution in [3.63, 3.8) is 0 Å². The van der Waals surface area contributed by atoms with E-state index in [1.54, 1.807) is 12.1 Å². The highest BCUT2D eigenvalue weighted by Gasteiger charge is 2.17. The fourth-order valence-corrected chi connectivity index (χ4v) is 2.37. The van der Waals surface area contributed by atoms with Crippen molar-refractivity contribution in [3.05, 3.63) is 23.8 Å². The number of nitrogens with one attached hydrogen (secondary N) is 2. The maximum atomic E-state index is 11.3. The summed E-state index contributed by atoms with van der Waals surface area (Å²) in [6.07, 6.45) is 1.02. The van der Waals surface area contributed by atoms with Crippen molar-refractivity contribution in [1.29, 1.82) is 0 Å². The van der Waals surface area contributed by atoms with Gasteiger partial charge in [0.2, 0.25) is 10.0 Å². The average Bonchev–Trinajstić information content (AvgIpc) is 2.30. The molecule has 0 heterocycles. The van der Waals surface area contributed by atoms with Gasteiger partial charge < -0.3 is 15.5 Å². The number of aromatic hydroxyl groups is 1. The molecular weight excluding hydrogens is 328 g/mol. The van der Waals surface area contributed by atoms with E-state index < -0.39 is 10.0 Å². The van der Waals surface area contributed by atoms with E-state index in [0.717, 1.165) is 11.8 Å². The van der Waals surface area contributed by atoms with Gasteiger partial charge in [0.05, 0.1) is 18.6 Å². The standard InChI is InChI=1S/C14H24N2O4S.ClH/c1-14(2,3)15-8-11(9-17)10-5-6-13(18)12(7-10)16-21(4,19)20;/h5-7,11,15-18H,8-9H2,1-4H3;1H. The Morgan fingerprint density at radius 2 is 1.86 bits per heavy atom. The summed E-state index contributed by atoms with van der Waals surface area (Å²) < 4.78 is 24.8. The van der Waals surface area contributed by atoms with E-state index in [-0.39, 0.29) is 41.9 Å². The number of hydrogen-bond donors (Lipinski definition) is 4. The zero-order chi connectivity index (χ0) is 16.3. The molecule has 0 radical (unpaired) electrons. The molecule has 8 heteroatoms. The van der Waals surface area contributed by atoms with Gasteiger partial charge in [-0.1, -0.05) is 6.07 Å². The highest BCUT2D eigenvalue weighted by atomic mass is 35.5. The van der Waals surface area contributed by atoms with Crippen molar-refractivity contribution in [2.24, 2.45) is 0 Å². The molecule has 0 spiro atoms. The number of hydrogen-bond acceptors (Lipinski definition) is 5. The van der Waals surface area contributed by atoms with Gasteiger partial charge in [-0.2, -0.15) is 0 Å². The van der Waals surface area contributed by atoms with Gasteiger partial charge in [0.15, 0.2) is 0 Å². The Balaban J connectivity index is 0.00000441. The number of halogens is 1. The fourth-order valence-electron chi connectivity index (χ4n) is 1.81. The molecule has 1 aromatic carbocycles. The van der Waals surface area contributed by atoms with E-state index >= 15 is 0 Å². The molecular formula is C14H25ClN2O4S. The summed E-state index contributed by atoms with van der Waals surface area (Å²) in [6.45, 7) is 6.54. The summed E-state index contributed by atoms with van der Waals surface area (Å²) in [7, 11) is -3.47. The minimum absolute atomic E-state index is 0. The van der Waals surface area contributed by atoms with Crippen LogP contribution in [0.1, 0.15) is 32.3 Å². The Morgan fingerprint density at radius 1 is 1.27 bits per heavy atom. The van der Waals surface area contributed by atoms with Crippen molar-refractivity contribution in [2.75, 3.05) is 24.1 Å². The number of aliphatic hydroxyl groups excluding tert-OH is 1. The minimum atomic E-state index is -3.47. The summed E-state index contributed by atoms with van der Waals surface area (Å²) in [5.74, 6) is -0.338. The molecule has 0 aliphatic carbocycles. The summed E-state index contributed by atoms with van der Waals surface area (Å²) in [5.41, 5.74) is 0.778. The SMILES string of the molecule is CC(C)(C)NCC(CO)c1ccc(O)c(NS(C)(=O)=O)c1.Cl. The van der Waals surface area contributed by atoms with Gasteiger partial charge >= 0.3 is 0 Å². The lowest BCUT2D eigenvalue weighted by Gasteiger charge is -2.25. The topological polar surface area (TPSA) is 98.7 Å². The van der Waals surface area contributed by atoms with Crippen molar-refractivity contribution >= 4 is 28.1 Å². The van der Waals surface area contributed by atoms with E-state index in [0.29, 0.717) is 6.54 Å². The molecule has 1 rings (SSSR count). The molecule has 22 heavy (non-hydrogen) atoms. The second-order valence-electron chi connectivity index (χ2n) is 6.16. The molecule has 0 saturated heterocycles. The molecule has 0 bridgehead atoms. The van der Waals surface area contributed by atoms with Crippen LogP contribution in [0.5, 0.6) is 5.75 Å². The van der Waals surface area contributed by atoms with E-state index in [1.165, 1.54) is 6.07 Å². The predicted molar refractivity (Wildman–Crippen MR) is 91.4 cm³/mol. The Bertz CT molecular complexity index is 585. The quantitative estimate of drug-likeness (QED) is 0.583. The van der Waals surface area contributed by atoms with Crippen molar-refractivity contribution in [2.45, 2.75) is 32.2 Å². The lowest BCUT2D eigenvalue weighted by Crippen LogP contribution is -2.39. The van der Waals surface area contributed by atoms with Gasteiger partial charge in [0.25, 0.3) is 0 Å². The van der Waals surface area contributed by atoms with Crippen LogP contribution in [0.4, 0.5) is 5.69 Å². The Kier molecular flexibility index (Phi) is 7.64. The van der Waals surface area contributed by atoms with Crippen LogP contribution in [0.3, 0.4) is 0 Å². The lowest BCUT2D eigenvalue weighted by atomic mass is 9.97. The average molecular weight is 353 g/mol. The van der Waals surface area contributed by atoms with Crippen LogP contribution in [0, 0.1) is 0 Å². The largest absolute Gasteiger partial charge is 0.506 e. The molecule has 1 atom stereocenters. The second-order valence-corrected chi connectivity index (χ2v) is 7.91. The molecule has 0 aromatic heterocycles. The van der Waals surface area contributed by atoms with Gasteiger partial charge in [0.1, 0.15) is 5.75 Å². The highest BCUT2D eigenvalue weighted by molar-refractivity contribution is 7.92. The van der Waals surface area contributed by atoms with Gasteiger partial charge in [-0.05, 0) is 38.5 Å². The summed E-state index contributed by atoms with van der Waals surface area (Å²) in [5, 5.41) is 22.5. The monoisotopic (exact) mass is 352 g/mol. The minimum Gasteiger partial charge on any atom is -0.506 e. The van der Waals surface area contributed by atoms with Crippen molar-refractivity contribution in [3.8, 4) is 5.75 Å². The molecule has 0 aliphatic rings. The molecule has 1 aromatic rings. The van der Waals surface area contributed by atoms with E-state index in [2.05, 4.69) is 10.0 Å². The molecule has 1 unspecified atom stereocenters. The molecule has 0 saturated carbocycles. The van der Waals surface area contributed by atoms with E-state index in [4.69, 9.17) is 0 Å². The van der Waals surface area contributed by atoms with E-state index in [1.807, 2.05) is 20.8 Å². The van der Waals surface area contributed by atoms with Crippen LogP contribution in [-0.4, -0.2) is 43.6 Å². The Morgan fingerprint density at radius 3 is 2.32 bits per heavy atom. The Labute approximate surface area is 138 Å². The van der Waals surface area contributed by atoms with Crippen LogP contribution in [0.25, 0.3) is 0 Å². The summed E-state index contributed by atoms with van der Waals surface area (Å²) >= 11 is 0. The third-order valence-electron chi connectivity index (χ3n) is 2.89.